The minimum absolute atomic E-state index is 0.102. The molecule has 1 aliphatic heterocycles. The molecule has 1 fully saturated rings. The second-order valence-electron chi connectivity index (χ2n) is 5.83. The molecule has 0 spiro atoms. The zero-order valence-electron chi connectivity index (χ0n) is 13.3. The smallest absolute Gasteiger partial charge is 0.255 e. The highest BCUT2D eigenvalue weighted by Gasteiger charge is 2.20. The van der Waals surface area contributed by atoms with Crippen molar-refractivity contribution in [1.29, 1.82) is 0 Å². The lowest BCUT2D eigenvalue weighted by molar-refractivity contribution is 0.102. The molecule has 2 aromatic carbocycles. The average molecular weight is 329 g/mol. The minimum Gasteiger partial charge on any atom is -0.369 e. The van der Waals surface area contributed by atoms with E-state index in [0.29, 0.717) is 10.6 Å². The van der Waals surface area contributed by atoms with Crippen molar-refractivity contribution in [2.45, 2.75) is 26.2 Å². The van der Waals surface area contributed by atoms with Crippen molar-refractivity contribution >= 4 is 28.9 Å². The summed E-state index contributed by atoms with van der Waals surface area (Å²) in [5.74, 6) is -0.102. The first-order valence-electron chi connectivity index (χ1n) is 8.13. The van der Waals surface area contributed by atoms with Gasteiger partial charge in [0.05, 0.1) is 16.4 Å². The van der Waals surface area contributed by atoms with Gasteiger partial charge in [-0.25, -0.2) is 0 Å². The number of amides is 1. The van der Waals surface area contributed by atoms with E-state index in [1.54, 1.807) is 0 Å². The number of hydrogen-bond donors (Lipinski definition) is 1. The highest BCUT2D eigenvalue weighted by atomic mass is 35.5. The van der Waals surface area contributed by atoms with Crippen LogP contribution in [0.4, 0.5) is 11.4 Å². The third-order valence-corrected chi connectivity index (χ3v) is 4.59. The lowest BCUT2D eigenvalue weighted by Gasteiger charge is -2.23. The van der Waals surface area contributed by atoms with E-state index in [-0.39, 0.29) is 5.91 Å². The maximum absolute atomic E-state index is 12.5. The normalized spacial score (nSPS) is 14.1. The molecule has 1 amide bonds. The number of benzene rings is 2. The highest BCUT2D eigenvalue weighted by Crippen LogP contribution is 2.36. The van der Waals surface area contributed by atoms with Crippen LogP contribution in [-0.2, 0) is 6.42 Å². The van der Waals surface area contributed by atoms with Crippen molar-refractivity contribution in [3.63, 3.8) is 0 Å². The Hall–Kier alpha value is -2.00. The summed E-state index contributed by atoms with van der Waals surface area (Å²) in [7, 11) is 0. The molecule has 120 valence electrons. The van der Waals surface area contributed by atoms with Gasteiger partial charge in [0.1, 0.15) is 0 Å². The first kappa shape index (κ1) is 15.9. The van der Waals surface area contributed by atoms with E-state index < -0.39 is 0 Å². The third kappa shape index (κ3) is 3.50. The van der Waals surface area contributed by atoms with Crippen LogP contribution in [0, 0.1) is 0 Å². The van der Waals surface area contributed by atoms with E-state index in [0.717, 1.165) is 43.7 Å². The Morgan fingerprint density at radius 3 is 2.48 bits per heavy atom. The summed E-state index contributed by atoms with van der Waals surface area (Å²) in [5, 5.41) is 3.70. The summed E-state index contributed by atoms with van der Waals surface area (Å²) in [6, 6.07) is 13.4. The van der Waals surface area contributed by atoms with E-state index in [1.165, 1.54) is 5.56 Å². The van der Waals surface area contributed by atoms with Crippen molar-refractivity contribution in [3.05, 3.63) is 58.6 Å². The fourth-order valence-corrected chi connectivity index (χ4v) is 3.26. The molecule has 1 aliphatic rings. The summed E-state index contributed by atoms with van der Waals surface area (Å²) >= 11 is 6.39. The Morgan fingerprint density at radius 1 is 1.13 bits per heavy atom. The van der Waals surface area contributed by atoms with Crippen molar-refractivity contribution in [1.82, 2.24) is 0 Å². The first-order valence-corrected chi connectivity index (χ1v) is 8.50. The number of anilines is 2. The molecule has 0 radical (unpaired) electrons. The molecule has 3 rings (SSSR count). The molecular formula is C19H21ClN2O. The molecule has 0 aromatic heterocycles. The van der Waals surface area contributed by atoms with Crippen molar-refractivity contribution < 1.29 is 4.79 Å². The van der Waals surface area contributed by atoms with Crippen molar-refractivity contribution in [2.24, 2.45) is 0 Å². The molecule has 3 nitrogen and oxygen atoms in total. The average Bonchev–Trinajstić information content (AvgIpc) is 3.09. The number of carbonyl (C=O) groups is 1. The van der Waals surface area contributed by atoms with Crippen LogP contribution in [0.3, 0.4) is 0 Å². The monoisotopic (exact) mass is 328 g/mol. The van der Waals surface area contributed by atoms with Gasteiger partial charge in [-0.05, 0) is 49.1 Å². The summed E-state index contributed by atoms with van der Waals surface area (Å²) in [6.07, 6.45) is 3.30. The number of aryl methyl sites for hydroxylation is 1. The van der Waals surface area contributed by atoms with Gasteiger partial charge < -0.3 is 10.2 Å². The van der Waals surface area contributed by atoms with E-state index in [9.17, 15) is 4.79 Å². The molecule has 2 aromatic rings. The van der Waals surface area contributed by atoms with Crippen LogP contribution in [0.15, 0.2) is 42.5 Å². The molecule has 1 saturated heterocycles. The maximum atomic E-state index is 12.5. The van der Waals surface area contributed by atoms with Gasteiger partial charge in [-0.2, -0.15) is 0 Å². The summed E-state index contributed by atoms with van der Waals surface area (Å²) in [6.45, 7) is 4.07. The zero-order valence-corrected chi connectivity index (χ0v) is 14.1. The van der Waals surface area contributed by atoms with E-state index in [2.05, 4.69) is 17.1 Å². The summed E-state index contributed by atoms with van der Waals surface area (Å²) < 4.78 is 0. The van der Waals surface area contributed by atoms with Crippen LogP contribution < -0.4 is 10.2 Å². The first-order chi connectivity index (χ1) is 11.2. The Kier molecular flexibility index (Phi) is 4.87. The van der Waals surface area contributed by atoms with Gasteiger partial charge in [-0.1, -0.05) is 36.7 Å². The third-order valence-electron chi connectivity index (χ3n) is 4.28. The summed E-state index contributed by atoms with van der Waals surface area (Å²) in [5.41, 5.74) is 3.60. The molecule has 1 heterocycles. The van der Waals surface area contributed by atoms with E-state index >= 15 is 0 Å². The highest BCUT2D eigenvalue weighted by molar-refractivity contribution is 6.34. The van der Waals surface area contributed by atoms with Crippen LogP contribution in [0.5, 0.6) is 0 Å². The molecule has 0 bridgehead atoms. The SMILES string of the molecule is CCc1ccc(C(=O)Nc2cccc(Cl)c2N2CCCC2)cc1. The van der Waals surface area contributed by atoms with Crippen LogP contribution in [0.1, 0.15) is 35.7 Å². The standard InChI is InChI=1S/C19H21ClN2O/c1-2-14-8-10-15(11-9-14)19(23)21-17-7-5-6-16(20)18(17)22-12-3-4-13-22/h5-11H,2-4,12-13H2,1H3,(H,21,23). The lowest BCUT2D eigenvalue weighted by atomic mass is 10.1. The van der Waals surface area contributed by atoms with E-state index in [4.69, 9.17) is 11.6 Å². The lowest BCUT2D eigenvalue weighted by Crippen LogP contribution is -2.21. The van der Waals surface area contributed by atoms with E-state index in [1.807, 2.05) is 42.5 Å². The van der Waals surface area contributed by atoms with Gasteiger partial charge in [0, 0.05) is 18.7 Å². The Balaban J connectivity index is 1.84. The number of nitrogens with zero attached hydrogens (tertiary/aromatic N) is 1. The summed E-state index contributed by atoms with van der Waals surface area (Å²) in [4.78, 5) is 14.8. The van der Waals surface area contributed by atoms with Crippen LogP contribution >= 0.6 is 11.6 Å². The minimum atomic E-state index is -0.102. The molecule has 0 saturated carbocycles. The van der Waals surface area contributed by atoms with Gasteiger partial charge >= 0.3 is 0 Å². The number of nitrogens with one attached hydrogen (secondary N) is 1. The number of hydrogen-bond acceptors (Lipinski definition) is 2. The largest absolute Gasteiger partial charge is 0.369 e. The number of para-hydroxylation sites is 1. The van der Waals surface area contributed by atoms with Crippen molar-refractivity contribution in [3.8, 4) is 0 Å². The molecule has 4 heteroatoms. The van der Waals surface area contributed by atoms with Gasteiger partial charge in [-0.15, -0.1) is 0 Å². The molecule has 23 heavy (non-hydrogen) atoms. The van der Waals surface area contributed by atoms with Crippen LogP contribution in [-0.4, -0.2) is 19.0 Å². The second kappa shape index (κ2) is 7.05. The Bertz CT molecular complexity index is 691. The topological polar surface area (TPSA) is 32.3 Å². The van der Waals surface area contributed by atoms with Crippen molar-refractivity contribution in [2.75, 3.05) is 23.3 Å². The number of rotatable bonds is 4. The maximum Gasteiger partial charge on any atom is 0.255 e. The fourth-order valence-electron chi connectivity index (χ4n) is 2.96. The number of carbonyl (C=O) groups excluding carboxylic acids is 1. The molecule has 0 atom stereocenters. The van der Waals surface area contributed by atoms with Gasteiger partial charge in [0.2, 0.25) is 0 Å². The molecular weight excluding hydrogens is 308 g/mol. The quantitative estimate of drug-likeness (QED) is 0.878. The van der Waals surface area contributed by atoms with Gasteiger partial charge in [-0.3, -0.25) is 4.79 Å². The molecule has 0 unspecified atom stereocenters. The molecule has 1 N–H and O–H groups in total. The fraction of sp³-hybridized carbons (Fsp3) is 0.316. The van der Waals surface area contributed by atoms with Gasteiger partial charge in [0.15, 0.2) is 0 Å². The Morgan fingerprint density at radius 2 is 1.83 bits per heavy atom. The zero-order chi connectivity index (χ0) is 16.2. The molecule has 0 aliphatic carbocycles. The number of halogens is 1. The van der Waals surface area contributed by atoms with Crippen LogP contribution in [0.2, 0.25) is 5.02 Å². The van der Waals surface area contributed by atoms with Crippen LogP contribution in [0.25, 0.3) is 0 Å². The predicted molar refractivity (Wildman–Crippen MR) is 96.7 cm³/mol. The van der Waals surface area contributed by atoms with Gasteiger partial charge in [0.25, 0.3) is 5.91 Å². The second-order valence-corrected chi connectivity index (χ2v) is 6.24. The Labute approximate surface area is 142 Å². The predicted octanol–water partition coefficient (Wildman–Crippen LogP) is 4.75.